The van der Waals surface area contributed by atoms with Gasteiger partial charge >= 0.3 is 0 Å². The van der Waals surface area contributed by atoms with Crippen molar-refractivity contribution in [1.82, 2.24) is 15.0 Å². The summed E-state index contributed by atoms with van der Waals surface area (Å²) in [5.41, 5.74) is 2.61. The summed E-state index contributed by atoms with van der Waals surface area (Å²) in [4.78, 5) is 13.0. The van der Waals surface area contributed by atoms with Crippen LogP contribution < -0.4 is 10.1 Å². The lowest BCUT2D eigenvalue weighted by Gasteiger charge is -2.11. The summed E-state index contributed by atoms with van der Waals surface area (Å²) >= 11 is 3.17. The summed E-state index contributed by atoms with van der Waals surface area (Å²) in [5, 5.41) is 12.1. The zero-order chi connectivity index (χ0) is 16.2. The molecule has 0 radical (unpaired) electrons. The second kappa shape index (κ2) is 7.12. The number of aliphatic hydroxyl groups excluding tert-OH is 1. The van der Waals surface area contributed by atoms with Crippen molar-refractivity contribution in [3.05, 3.63) is 30.1 Å². The smallest absolute Gasteiger partial charge is 0.176 e. The van der Waals surface area contributed by atoms with Crippen LogP contribution in [0.3, 0.4) is 0 Å². The first kappa shape index (κ1) is 16.0. The van der Waals surface area contributed by atoms with Gasteiger partial charge in [0.25, 0.3) is 0 Å². The van der Waals surface area contributed by atoms with Gasteiger partial charge in [-0.2, -0.15) is 0 Å². The van der Waals surface area contributed by atoms with Gasteiger partial charge in [-0.3, -0.25) is 0 Å². The number of aromatic nitrogens is 3. The fraction of sp³-hybridized carbons (Fsp3) is 0.267. The van der Waals surface area contributed by atoms with E-state index in [2.05, 4.69) is 20.3 Å². The van der Waals surface area contributed by atoms with Gasteiger partial charge in [0.1, 0.15) is 23.4 Å². The summed E-state index contributed by atoms with van der Waals surface area (Å²) < 4.78 is 7.37. The van der Waals surface area contributed by atoms with E-state index in [0.29, 0.717) is 12.3 Å². The number of ether oxygens (including phenoxy) is 1. The summed E-state index contributed by atoms with van der Waals surface area (Å²) in [5.74, 6) is 1.51. The molecule has 0 saturated heterocycles. The van der Waals surface area contributed by atoms with Crippen LogP contribution in [-0.2, 0) is 0 Å². The molecule has 2 aromatic heterocycles. The van der Waals surface area contributed by atoms with Crippen molar-refractivity contribution < 1.29 is 9.84 Å². The Kier molecular flexibility index (Phi) is 4.94. The standard InChI is InChI=1S/C15H16N4O2S2/c1-9-7-10(3-4-11(9)21-6-5-20)18-13-12-14(17-8-16-13)19-15(22-2)23-12/h3-4,7-8,20H,5-6H2,1-2H3,(H,16,17,18). The maximum absolute atomic E-state index is 8.83. The van der Waals surface area contributed by atoms with Crippen LogP contribution in [0.1, 0.15) is 5.56 Å². The van der Waals surface area contributed by atoms with Crippen LogP contribution in [0.4, 0.5) is 11.5 Å². The van der Waals surface area contributed by atoms with Crippen LogP contribution in [0.2, 0.25) is 0 Å². The molecular weight excluding hydrogens is 332 g/mol. The Morgan fingerprint density at radius 3 is 2.96 bits per heavy atom. The maximum atomic E-state index is 8.83. The van der Waals surface area contributed by atoms with Crippen molar-refractivity contribution in [1.29, 1.82) is 0 Å². The molecule has 8 heteroatoms. The molecule has 6 nitrogen and oxygen atoms in total. The van der Waals surface area contributed by atoms with Crippen molar-refractivity contribution in [2.24, 2.45) is 0 Å². The summed E-state index contributed by atoms with van der Waals surface area (Å²) in [6, 6.07) is 5.78. The van der Waals surface area contributed by atoms with E-state index < -0.39 is 0 Å². The van der Waals surface area contributed by atoms with E-state index in [-0.39, 0.29) is 6.61 Å². The number of aryl methyl sites for hydroxylation is 1. The van der Waals surface area contributed by atoms with Gasteiger partial charge in [-0.25, -0.2) is 15.0 Å². The van der Waals surface area contributed by atoms with Crippen LogP contribution in [0.5, 0.6) is 5.75 Å². The van der Waals surface area contributed by atoms with Crippen molar-refractivity contribution in [2.45, 2.75) is 11.3 Å². The van der Waals surface area contributed by atoms with Crippen LogP contribution in [0, 0.1) is 6.92 Å². The second-order valence-corrected chi connectivity index (χ2v) is 6.79. The third kappa shape index (κ3) is 3.54. The molecule has 2 N–H and O–H groups in total. The van der Waals surface area contributed by atoms with Gasteiger partial charge in [-0.05, 0) is 36.9 Å². The Bertz CT molecular complexity index is 822. The van der Waals surface area contributed by atoms with E-state index in [1.807, 2.05) is 31.4 Å². The van der Waals surface area contributed by atoms with E-state index >= 15 is 0 Å². The first-order valence-corrected chi connectivity index (χ1v) is 9.02. The fourth-order valence-corrected chi connectivity index (χ4v) is 3.55. The molecule has 0 fully saturated rings. The number of thiazole rings is 1. The highest BCUT2D eigenvalue weighted by atomic mass is 32.2. The Labute approximate surface area is 142 Å². The van der Waals surface area contributed by atoms with Crippen molar-refractivity contribution >= 4 is 45.0 Å². The highest BCUT2D eigenvalue weighted by Gasteiger charge is 2.11. The minimum Gasteiger partial charge on any atom is -0.491 e. The van der Waals surface area contributed by atoms with Gasteiger partial charge in [0.15, 0.2) is 15.8 Å². The van der Waals surface area contributed by atoms with Crippen LogP contribution >= 0.6 is 23.1 Å². The Morgan fingerprint density at radius 1 is 1.35 bits per heavy atom. The molecule has 120 valence electrons. The number of benzene rings is 1. The van der Waals surface area contributed by atoms with Gasteiger partial charge in [0.2, 0.25) is 0 Å². The molecule has 3 rings (SSSR count). The molecule has 0 aliphatic carbocycles. The normalized spacial score (nSPS) is 10.9. The Hall–Kier alpha value is -1.90. The van der Waals surface area contributed by atoms with E-state index in [0.717, 1.165) is 31.9 Å². The predicted molar refractivity (Wildman–Crippen MR) is 94.0 cm³/mol. The van der Waals surface area contributed by atoms with Gasteiger partial charge in [-0.1, -0.05) is 11.8 Å². The first-order chi connectivity index (χ1) is 11.2. The number of rotatable bonds is 6. The largest absolute Gasteiger partial charge is 0.491 e. The fourth-order valence-electron chi connectivity index (χ4n) is 2.09. The van der Waals surface area contributed by atoms with Crippen LogP contribution in [-0.4, -0.2) is 39.5 Å². The van der Waals surface area contributed by atoms with Crippen LogP contribution in [0.25, 0.3) is 10.3 Å². The summed E-state index contributed by atoms with van der Waals surface area (Å²) in [6.45, 7) is 2.26. The number of fused-ring (bicyclic) bond motifs is 1. The monoisotopic (exact) mass is 348 g/mol. The summed E-state index contributed by atoms with van der Waals surface area (Å²) in [6.07, 6.45) is 3.51. The third-order valence-corrected chi connectivity index (χ3v) is 5.17. The van der Waals surface area contributed by atoms with E-state index in [4.69, 9.17) is 9.84 Å². The first-order valence-electron chi connectivity index (χ1n) is 6.98. The average Bonchev–Trinajstić information content (AvgIpc) is 2.98. The lowest BCUT2D eigenvalue weighted by atomic mass is 10.2. The number of aliphatic hydroxyl groups is 1. The topological polar surface area (TPSA) is 80.2 Å². The Balaban J connectivity index is 1.87. The molecule has 0 atom stereocenters. The van der Waals surface area contributed by atoms with Gasteiger partial charge in [-0.15, -0.1) is 11.3 Å². The highest BCUT2D eigenvalue weighted by molar-refractivity contribution is 8.00. The molecule has 0 saturated carbocycles. The van der Waals surface area contributed by atoms with E-state index in [1.54, 1.807) is 23.1 Å². The lowest BCUT2D eigenvalue weighted by molar-refractivity contribution is 0.200. The SMILES string of the molecule is CSc1nc2ncnc(Nc3ccc(OCCO)c(C)c3)c2s1. The number of nitrogens with zero attached hydrogens (tertiary/aromatic N) is 3. The average molecular weight is 348 g/mol. The molecule has 3 aromatic rings. The maximum Gasteiger partial charge on any atom is 0.176 e. The zero-order valence-electron chi connectivity index (χ0n) is 12.7. The predicted octanol–water partition coefficient (Wildman–Crippen LogP) is 3.23. The molecule has 0 unspecified atom stereocenters. The number of thioether (sulfide) groups is 1. The van der Waals surface area contributed by atoms with Crippen LogP contribution in [0.15, 0.2) is 28.9 Å². The van der Waals surface area contributed by atoms with Crippen molar-refractivity contribution in [2.75, 3.05) is 24.8 Å². The molecule has 0 amide bonds. The van der Waals surface area contributed by atoms with Gasteiger partial charge in [0, 0.05) is 5.69 Å². The molecule has 23 heavy (non-hydrogen) atoms. The lowest BCUT2D eigenvalue weighted by Crippen LogP contribution is -2.03. The minimum absolute atomic E-state index is 0.00150. The minimum atomic E-state index is 0.00150. The molecule has 0 aliphatic heterocycles. The number of hydrogen-bond acceptors (Lipinski definition) is 8. The van der Waals surface area contributed by atoms with Gasteiger partial charge < -0.3 is 15.2 Å². The number of anilines is 2. The molecule has 2 heterocycles. The second-order valence-electron chi connectivity index (χ2n) is 4.74. The highest BCUT2D eigenvalue weighted by Crippen LogP contribution is 2.33. The molecular formula is C15H16N4O2S2. The van der Waals surface area contributed by atoms with Crippen molar-refractivity contribution in [3.8, 4) is 5.75 Å². The summed E-state index contributed by atoms with van der Waals surface area (Å²) in [7, 11) is 0. The number of nitrogens with one attached hydrogen (secondary N) is 1. The molecule has 0 aliphatic rings. The third-order valence-electron chi connectivity index (χ3n) is 3.13. The quantitative estimate of drug-likeness (QED) is 0.662. The van der Waals surface area contributed by atoms with Crippen molar-refractivity contribution in [3.63, 3.8) is 0 Å². The van der Waals surface area contributed by atoms with Gasteiger partial charge in [0.05, 0.1) is 6.61 Å². The number of hydrogen-bond donors (Lipinski definition) is 2. The zero-order valence-corrected chi connectivity index (χ0v) is 14.4. The molecule has 0 spiro atoms. The van der Waals surface area contributed by atoms with E-state index in [1.165, 1.54) is 6.33 Å². The molecule has 0 bridgehead atoms. The molecule has 1 aromatic carbocycles. The Morgan fingerprint density at radius 2 is 2.22 bits per heavy atom. The van der Waals surface area contributed by atoms with E-state index in [9.17, 15) is 0 Å².